The summed E-state index contributed by atoms with van der Waals surface area (Å²) in [4.78, 5) is 23.5. The number of esters is 1. The lowest BCUT2D eigenvalue weighted by atomic mass is 10.2. The van der Waals surface area contributed by atoms with Crippen LogP contribution in [0.15, 0.2) is 23.1 Å². The molecule has 1 saturated heterocycles. The second-order valence-corrected chi connectivity index (χ2v) is 8.49. The minimum Gasteiger partial charge on any atom is -0.454 e. The summed E-state index contributed by atoms with van der Waals surface area (Å²) in [5.41, 5.74) is 0. The van der Waals surface area contributed by atoms with Crippen molar-refractivity contribution in [2.45, 2.75) is 36.8 Å². The second kappa shape index (κ2) is 9.70. The van der Waals surface area contributed by atoms with Crippen LogP contribution in [0, 0.1) is 0 Å². The third kappa shape index (κ3) is 6.62. The largest absolute Gasteiger partial charge is 0.454 e. The van der Waals surface area contributed by atoms with E-state index in [-0.39, 0.29) is 21.0 Å². The van der Waals surface area contributed by atoms with Crippen LogP contribution in [0.4, 0.5) is 0 Å². The van der Waals surface area contributed by atoms with Crippen LogP contribution in [0.5, 0.6) is 0 Å². The SMILES string of the molecule is C[C@H](NS(=O)(=O)c1ccc(Cl)c(Cl)c1)C(=O)OCC(=O)NCC1CCCO1. The van der Waals surface area contributed by atoms with Gasteiger partial charge >= 0.3 is 5.97 Å². The number of carbonyl (C=O) groups excluding carboxylic acids is 2. The Balaban J connectivity index is 1.81. The fourth-order valence-electron chi connectivity index (χ4n) is 2.34. The molecule has 0 aliphatic carbocycles. The van der Waals surface area contributed by atoms with Crippen LogP contribution in [0.25, 0.3) is 0 Å². The third-order valence-electron chi connectivity index (χ3n) is 3.78. The van der Waals surface area contributed by atoms with Crippen molar-refractivity contribution in [2.75, 3.05) is 19.8 Å². The van der Waals surface area contributed by atoms with E-state index in [1.54, 1.807) is 0 Å². The average Bonchev–Trinajstić information content (AvgIpc) is 3.13. The van der Waals surface area contributed by atoms with E-state index in [0.717, 1.165) is 12.8 Å². The zero-order chi connectivity index (χ0) is 20.0. The van der Waals surface area contributed by atoms with Crippen molar-refractivity contribution < 1.29 is 27.5 Å². The van der Waals surface area contributed by atoms with Crippen LogP contribution in [0.3, 0.4) is 0 Å². The Kier molecular flexibility index (Phi) is 7.87. The Labute approximate surface area is 167 Å². The van der Waals surface area contributed by atoms with Crippen molar-refractivity contribution in [3.8, 4) is 0 Å². The van der Waals surface area contributed by atoms with E-state index >= 15 is 0 Å². The Morgan fingerprint density at radius 2 is 2.07 bits per heavy atom. The Morgan fingerprint density at radius 1 is 1.33 bits per heavy atom. The first-order valence-electron chi connectivity index (χ1n) is 8.21. The topological polar surface area (TPSA) is 111 Å². The summed E-state index contributed by atoms with van der Waals surface area (Å²) in [7, 11) is -4.01. The molecule has 1 amide bonds. The summed E-state index contributed by atoms with van der Waals surface area (Å²) in [6, 6.07) is 2.56. The standard InChI is InChI=1S/C16H20Cl2N2O6S/c1-10(20-27(23,24)12-4-5-13(17)14(18)7-12)16(22)26-9-15(21)19-8-11-3-2-6-25-11/h4-5,7,10-11,20H,2-3,6,8-9H2,1H3,(H,19,21)/t10-,11?/m0/s1. The zero-order valence-electron chi connectivity index (χ0n) is 14.5. The number of hydrogen-bond donors (Lipinski definition) is 2. The maximum Gasteiger partial charge on any atom is 0.324 e. The number of carbonyl (C=O) groups is 2. The predicted octanol–water partition coefficient (Wildman–Crippen LogP) is 1.50. The molecule has 2 rings (SSSR count). The first kappa shape index (κ1) is 21.9. The highest BCUT2D eigenvalue weighted by Crippen LogP contribution is 2.24. The van der Waals surface area contributed by atoms with Crippen molar-refractivity contribution in [3.63, 3.8) is 0 Å². The molecule has 0 radical (unpaired) electrons. The number of amides is 1. The summed E-state index contributed by atoms with van der Waals surface area (Å²) in [5.74, 6) is -1.37. The number of hydrogen-bond acceptors (Lipinski definition) is 6. The van der Waals surface area contributed by atoms with E-state index in [0.29, 0.717) is 13.2 Å². The minimum absolute atomic E-state index is 0.0263. The van der Waals surface area contributed by atoms with Crippen LogP contribution in [-0.2, 0) is 29.1 Å². The maximum absolute atomic E-state index is 12.3. The molecular weight excluding hydrogens is 419 g/mol. The molecule has 1 aliphatic rings. The van der Waals surface area contributed by atoms with Crippen molar-refractivity contribution in [3.05, 3.63) is 28.2 Å². The number of rotatable bonds is 8. The zero-order valence-corrected chi connectivity index (χ0v) is 16.9. The van der Waals surface area contributed by atoms with E-state index in [4.69, 9.17) is 32.7 Å². The number of nitrogens with one attached hydrogen (secondary N) is 2. The summed E-state index contributed by atoms with van der Waals surface area (Å²) in [6.07, 6.45) is 1.79. The molecule has 8 nitrogen and oxygen atoms in total. The molecule has 27 heavy (non-hydrogen) atoms. The van der Waals surface area contributed by atoms with Gasteiger partial charge in [-0.25, -0.2) is 8.42 Å². The molecule has 0 aromatic heterocycles. The molecule has 1 aromatic carbocycles. The monoisotopic (exact) mass is 438 g/mol. The van der Waals surface area contributed by atoms with Crippen LogP contribution in [0.2, 0.25) is 10.0 Å². The predicted molar refractivity (Wildman–Crippen MR) is 99.2 cm³/mol. The van der Waals surface area contributed by atoms with E-state index in [1.165, 1.54) is 25.1 Å². The molecule has 1 aliphatic heterocycles. The van der Waals surface area contributed by atoms with Gasteiger partial charge in [-0.1, -0.05) is 23.2 Å². The van der Waals surface area contributed by atoms with Crippen LogP contribution < -0.4 is 10.0 Å². The summed E-state index contributed by atoms with van der Waals surface area (Å²) < 4.78 is 36.9. The van der Waals surface area contributed by atoms with Gasteiger partial charge in [0.1, 0.15) is 6.04 Å². The number of halogens is 2. The molecule has 0 saturated carbocycles. The van der Waals surface area contributed by atoms with Crippen LogP contribution in [-0.4, -0.2) is 52.2 Å². The second-order valence-electron chi connectivity index (χ2n) is 5.97. The summed E-state index contributed by atoms with van der Waals surface area (Å²) in [6.45, 7) is 1.81. The highest BCUT2D eigenvalue weighted by Gasteiger charge is 2.24. The Hall–Kier alpha value is -1.39. The minimum atomic E-state index is -4.01. The molecule has 11 heteroatoms. The molecular formula is C16H20Cl2N2O6S. The molecule has 2 N–H and O–H groups in total. The quantitative estimate of drug-likeness (QED) is 0.594. The molecule has 0 spiro atoms. The van der Waals surface area contributed by atoms with Gasteiger partial charge in [-0.05, 0) is 38.0 Å². The number of benzene rings is 1. The maximum atomic E-state index is 12.3. The molecule has 2 atom stereocenters. The summed E-state index contributed by atoms with van der Waals surface area (Å²) >= 11 is 11.6. The lowest BCUT2D eigenvalue weighted by molar-refractivity contribution is -0.149. The van der Waals surface area contributed by atoms with Gasteiger partial charge in [0.15, 0.2) is 6.61 Å². The van der Waals surface area contributed by atoms with Crippen molar-refractivity contribution in [1.82, 2.24) is 10.0 Å². The molecule has 1 unspecified atom stereocenters. The van der Waals surface area contributed by atoms with Gasteiger partial charge in [-0.15, -0.1) is 0 Å². The van der Waals surface area contributed by atoms with Gasteiger partial charge in [0.25, 0.3) is 5.91 Å². The Bertz CT molecular complexity index is 796. The van der Waals surface area contributed by atoms with E-state index in [1.807, 2.05) is 0 Å². The molecule has 0 bridgehead atoms. The highest BCUT2D eigenvalue weighted by atomic mass is 35.5. The van der Waals surface area contributed by atoms with Gasteiger partial charge in [-0.2, -0.15) is 4.72 Å². The lowest BCUT2D eigenvalue weighted by Crippen LogP contribution is -2.41. The molecule has 1 heterocycles. The van der Waals surface area contributed by atoms with Gasteiger partial charge in [0, 0.05) is 13.2 Å². The fourth-order valence-corrected chi connectivity index (χ4v) is 3.92. The van der Waals surface area contributed by atoms with E-state index in [9.17, 15) is 18.0 Å². The van der Waals surface area contributed by atoms with Crippen molar-refractivity contribution >= 4 is 45.1 Å². The van der Waals surface area contributed by atoms with Crippen molar-refractivity contribution in [2.24, 2.45) is 0 Å². The highest BCUT2D eigenvalue weighted by molar-refractivity contribution is 7.89. The molecule has 1 aromatic rings. The van der Waals surface area contributed by atoms with Gasteiger partial charge < -0.3 is 14.8 Å². The average molecular weight is 439 g/mol. The van der Waals surface area contributed by atoms with E-state index < -0.39 is 34.5 Å². The number of sulfonamides is 1. The number of ether oxygens (including phenoxy) is 2. The van der Waals surface area contributed by atoms with Crippen molar-refractivity contribution in [1.29, 1.82) is 0 Å². The van der Waals surface area contributed by atoms with E-state index in [2.05, 4.69) is 10.0 Å². The normalized spacial score (nSPS) is 18.1. The van der Waals surface area contributed by atoms with Gasteiger partial charge in [-0.3, -0.25) is 9.59 Å². The first-order chi connectivity index (χ1) is 12.7. The molecule has 150 valence electrons. The fraction of sp³-hybridized carbons (Fsp3) is 0.500. The van der Waals surface area contributed by atoms with Gasteiger partial charge in [0.2, 0.25) is 10.0 Å². The van der Waals surface area contributed by atoms with Gasteiger partial charge in [0.05, 0.1) is 21.0 Å². The van der Waals surface area contributed by atoms with Crippen LogP contribution in [0.1, 0.15) is 19.8 Å². The smallest absolute Gasteiger partial charge is 0.324 e. The summed E-state index contributed by atoms with van der Waals surface area (Å²) in [5, 5.41) is 2.87. The first-order valence-corrected chi connectivity index (χ1v) is 10.5. The lowest BCUT2D eigenvalue weighted by Gasteiger charge is -2.15. The van der Waals surface area contributed by atoms with Crippen LogP contribution >= 0.6 is 23.2 Å². The molecule has 1 fully saturated rings. The Morgan fingerprint density at radius 3 is 2.70 bits per heavy atom. The third-order valence-corrected chi connectivity index (χ3v) is 6.06.